The van der Waals surface area contributed by atoms with Crippen molar-refractivity contribution >= 4 is 11.9 Å². The Morgan fingerprint density at radius 1 is 0.878 bits per heavy atom. The van der Waals surface area contributed by atoms with Crippen LogP contribution in [0.1, 0.15) is 114 Å². The van der Waals surface area contributed by atoms with E-state index in [1.807, 2.05) is 13.8 Å². The fraction of sp³-hybridized carbons (Fsp3) is 0.941. The molecule has 2 aliphatic heterocycles. The van der Waals surface area contributed by atoms with E-state index in [0.29, 0.717) is 17.8 Å². The first-order valence-electron chi connectivity index (χ1n) is 16.3. The molecule has 0 amide bonds. The van der Waals surface area contributed by atoms with Crippen LogP contribution in [-0.2, 0) is 28.5 Å². The van der Waals surface area contributed by atoms with Gasteiger partial charge in [-0.2, -0.15) is 0 Å². The van der Waals surface area contributed by atoms with Crippen LogP contribution < -0.4 is 0 Å². The zero-order chi connectivity index (χ0) is 29.8. The molecule has 7 fully saturated rings. The van der Waals surface area contributed by atoms with Crippen LogP contribution in [0, 0.1) is 50.7 Å². The average molecular weight is 573 g/mol. The monoisotopic (exact) mass is 572 g/mol. The number of esters is 2. The van der Waals surface area contributed by atoms with Crippen molar-refractivity contribution in [2.24, 2.45) is 50.7 Å². The Balaban J connectivity index is 1.33. The third-order valence-electron chi connectivity index (χ3n) is 14.7. The Hall–Kier alpha value is -1.18. The van der Waals surface area contributed by atoms with E-state index >= 15 is 0 Å². The summed E-state index contributed by atoms with van der Waals surface area (Å²) in [5, 5.41) is 11.2. The summed E-state index contributed by atoms with van der Waals surface area (Å²) in [4.78, 5) is 24.9. The van der Waals surface area contributed by atoms with Gasteiger partial charge in [-0.05, 0) is 99.2 Å². The summed E-state index contributed by atoms with van der Waals surface area (Å²) in [6.45, 7) is 18.5. The van der Waals surface area contributed by atoms with Crippen LogP contribution in [0.15, 0.2) is 0 Å². The molecule has 41 heavy (non-hydrogen) atoms. The summed E-state index contributed by atoms with van der Waals surface area (Å²) in [6, 6.07) is 0. The smallest absolute Gasteiger partial charge is 0.303 e. The summed E-state index contributed by atoms with van der Waals surface area (Å²) in [7, 11) is 0. The third-order valence-corrected chi connectivity index (χ3v) is 14.7. The van der Waals surface area contributed by atoms with Crippen LogP contribution in [0.5, 0.6) is 0 Å². The van der Waals surface area contributed by atoms with Gasteiger partial charge >= 0.3 is 11.9 Å². The van der Waals surface area contributed by atoms with Gasteiger partial charge < -0.3 is 24.1 Å². The highest BCUT2D eigenvalue weighted by molar-refractivity contribution is 5.67. The van der Waals surface area contributed by atoms with Crippen molar-refractivity contribution in [2.45, 2.75) is 149 Å². The predicted molar refractivity (Wildman–Crippen MR) is 151 cm³/mol. The number of hydrogen-bond donors (Lipinski definition) is 1. The topological polar surface area (TPSA) is 91.3 Å². The second-order valence-electron chi connectivity index (χ2n) is 17.1. The van der Waals surface area contributed by atoms with Crippen LogP contribution in [0.2, 0.25) is 0 Å². The molecule has 7 aliphatic rings. The van der Waals surface area contributed by atoms with E-state index in [-0.39, 0.29) is 57.1 Å². The molecule has 13 atom stereocenters. The maximum absolute atomic E-state index is 12.9. The van der Waals surface area contributed by atoms with E-state index in [0.717, 1.165) is 38.5 Å². The molecule has 0 aromatic carbocycles. The number of aliphatic hydroxyl groups is 1. The molecule has 7 rings (SSSR count). The highest BCUT2D eigenvalue weighted by Gasteiger charge is 2.89. The maximum atomic E-state index is 12.9. The summed E-state index contributed by atoms with van der Waals surface area (Å²) in [5.41, 5.74) is -1.16. The lowest BCUT2D eigenvalue weighted by Gasteiger charge is -2.63. The minimum atomic E-state index is -1.06. The lowest BCUT2D eigenvalue weighted by molar-refractivity contribution is -0.286. The Bertz CT molecular complexity index is 1170. The van der Waals surface area contributed by atoms with Gasteiger partial charge in [-0.25, -0.2) is 0 Å². The van der Waals surface area contributed by atoms with Crippen molar-refractivity contribution in [3.63, 3.8) is 0 Å². The van der Waals surface area contributed by atoms with E-state index in [1.165, 1.54) is 26.7 Å². The first kappa shape index (κ1) is 28.6. The molecular formula is C34H52O7. The van der Waals surface area contributed by atoms with Crippen LogP contribution in [-0.4, -0.2) is 52.8 Å². The van der Waals surface area contributed by atoms with Crippen molar-refractivity contribution in [1.82, 2.24) is 0 Å². The van der Waals surface area contributed by atoms with Crippen LogP contribution in [0.25, 0.3) is 0 Å². The van der Waals surface area contributed by atoms with Gasteiger partial charge in [0.25, 0.3) is 0 Å². The van der Waals surface area contributed by atoms with Gasteiger partial charge in [0.05, 0.1) is 11.7 Å². The Kier molecular flexibility index (Phi) is 5.64. The maximum Gasteiger partial charge on any atom is 0.303 e. The molecule has 2 bridgehead atoms. The first-order valence-corrected chi connectivity index (χ1v) is 16.3. The summed E-state index contributed by atoms with van der Waals surface area (Å²) in [5.74, 6) is -0.216. The van der Waals surface area contributed by atoms with Crippen LogP contribution in [0.3, 0.4) is 0 Å². The molecule has 1 N–H and O–H groups in total. The van der Waals surface area contributed by atoms with E-state index in [4.69, 9.17) is 18.9 Å². The van der Waals surface area contributed by atoms with Gasteiger partial charge in [0, 0.05) is 30.6 Å². The Morgan fingerprint density at radius 3 is 2.15 bits per heavy atom. The van der Waals surface area contributed by atoms with Crippen LogP contribution >= 0.6 is 0 Å². The number of carbonyl (C=O) groups excluding carboxylic acids is 2. The van der Waals surface area contributed by atoms with Crippen molar-refractivity contribution in [1.29, 1.82) is 0 Å². The molecule has 7 heteroatoms. The lowest BCUT2D eigenvalue weighted by atomic mass is 9.41. The lowest BCUT2D eigenvalue weighted by Crippen LogP contribution is -2.61. The number of fused-ring (bicyclic) bond motifs is 4. The van der Waals surface area contributed by atoms with Gasteiger partial charge in [-0.3, -0.25) is 9.59 Å². The minimum Gasteiger partial charge on any atom is -0.462 e. The van der Waals surface area contributed by atoms with Crippen LogP contribution in [0.4, 0.5) is 0 Å². The first-order chi connectivity index (χ1) is 18.9. The molecule has 2 heterocycles. The summed E-state index contributed by atoms with van der Waals surface area (Å²) >= 11 is 0. The molecule has 7 nitrogen and oxygen atoms in total. The second kappa shape index (κ2) is 8.10. The zero-order valence-electron chi connectivity index (χ0n) is 26.7. The molecular weight excluding hydrogens is 520 g/mol. The van der Waals surface area contributed by atoms with Gasteiger partial charge in [0.1, 0.15) is 12.2 Å². The molecule has 3 spiro atoms. The van der Waals surface area contributed by atoms with Crippen molar-refractivity contribution in [2.75, 3.05) is 0 Å². The van der Waals surface area contributed by atoms with E-state index in [2.05, 4.69) is 34.6 Å². The van der Waals surface area contributed by atoms with E-state index in [1.54, 1.807) is 0 Å². The molecule has 0 radical (unpaired) electrons. The molecule has 5 saturated carbocycles. The number of carbonyl (C=O) groups is 2. The van der Waals surface area contributed by atoms with E-state index < -0.39 is 23.6 Å². The second-order valence-corrected chi connectivity index (χ2v) is 17.1. The quantitative estimate of drug-likeness (QED) is 0.428. The Morgan fingerprint density at radius 2 is 1.51 bits per heavy atom. The summed E-state index contributed by atoms with van der Waals surface area (Å²) < 4.78 is 26.3. The zero-order valence-corrected chi connectivity index (χ0v) is 26.7. The van der Waals surface area contributed by atoms with Gasteiger partial charge in [-0.15, -0.1) is 0 Å². The van der Waals surface area contributed by atoms with Crippen molar-refractivity contribution in [3.8, 4) is 0 Å². The van der Waals surface area contributed by atoms with Gasteiger partial charge in [0.2, 0.25) is 5.79 Å². The van der Waals surface area contributed by atoms with Crippen molar-refractivity contribution < 1.29 is 33.6 Å². The highest BCUT2D eigenvalue weighted by atomic mass is 16.8. The predicted octanol–water partition coefficient (Wildman–Crippen LogP) is 5.80. The van der Waals surface area contributed by atoms with Gasteiger partial charge in [-0.1, -0.05) is 34.6 Å². The normalized spacial score (nSPS) is 56.0. The minimum absolute atomic E-state index is 0.0341. The molecule has 230 valence electrons. The standard InChI is InChI=1S/C34H52O7/c1-18-16-21-26(29(6,7)37)41-34(40-21)25(18)30(8)14-15-33-17-32(33)13-12-24(38-19(2)35)28(4,5)22(32)10-11-23(33)31(30,9)27(34)39-20(3)36/h18,21-27,37H,10-17H2,1-9H3/t18-,21-,22+,23+,24+,25-,26+,27-,30-,31-,32-,33+,34+/m1/s1. The van der Waals surface area contributed by atoms with Gasteiger partial charge in [0.15, 0.2) is 6.10 Å². The number of hydrogen-bond acceptors (Lipinski definition) is 7. The molecule has 0 aromatic heterocycles. The Labute approximate surface area is 245 Å². The third kappa shape index (κ3) is 3.17. The summed E-state index contributed by atoms with van der Waals surface area (Å²) in [6.07, 6.45) is 7.24. The fourth-order valence-corrected chi connectivity index (χ4v) is 13.4. The number of ether oxygens (including phenoxy) is 4. The fourth-order valence-electron chi connectivity index (χ4n) is 13.4. The van der Waals surface area contributed by atoms with Crippen molar-refractivity contribution in [3.05, 3.63) is 0 Å². The number of rotatable bonds is 3. The molecule has 0 unspecified atom stereocenters. The molecule has 2 saturated heterocycles. The average Bonchev–Trinajstić information content (AvgIpc) is 3.35. The largest absolute Gasteiger partial charge is 0.462 e. The van der Waals surface area contributed by atoms with E-state index in [9.17, 15) is 14.7 Å². The molecule has 5 aliphatic carbocycles. The molecule has 0 aromatic rings. The SMILES string of the molecule is CC(=O)O[C@H]1CC[C@]23C[C@]24CC[C@]2(C)[C@H]5[C@H](C)C[C@H]6O[C@@]5(O[C@@H]6C(C)(C)O)[C@H](OC(C)=O)[C@@]2(C)[C@@H]4CC[C@H]3C1(C)C. The highest BCUT2D eigenvalue weighted by Crippen LogP contribution is 2.90.